The summed E-state index contributed by atoms with van der Waals surface area (Å²) in [6.07, 6.45) is 1.29. The second kappa shape index (κ2) is 6.26. The molecule has 0 saturated heterocycles. The van der Waals surface area contributed by atoms with Crippen molar-refractivity contribution >= 4 is 23.2 Å². The van der Waals surface area contributed by atoms with Gasteiger partial charge in [0.15, 0.2) is 0 Å². The van der Waals surface area contributed by atoms with E-state index in [9.17, 15) is 9.59 Å². The van der Waals surface area contributed by atoms with Crippen LogP contribution in [0.5, 0.6) is 0 Å². The zero-order valence-electron chi connectivity index (χ0n) is 12.8. The van der Waals surface area contributed by atoms with Gasteiger partial charge in [-0.15, -0.1) is 0 Å². The average molecular weight is 298 g/mol. The van der Waals surface area contributed by atoms with Gasteiger partial charge in [-0.3, -0.25) is 14.6 Å². The predicted octanol–water partition coefficient (Wildman–Crippen LogP) is 1.81. The number of rotatable bonds is 4. The Balaban J connectivity index is 2.16. The minimum Gasteiger partial charge on any atom is -0.378 e. The Hall–Kier alpha value is -2.89. The maximum atomic E-state index is 12.2. The zero-order chi connectivity index (χ0) is 16.3. The Bertz CT molecular complexity index is 709. The third kappa shape index (κ3) is 3.41. The predicted molar refractivity (Wildman–Crippen MR) is 86.2 cm³/mol. The lowest BCUT2D eigenvalue weighted by Crippen LogP contribution is -2.16. The van der Waals surface area contributed by atoms with Gasteiger partial charge in [0.1, 0.15) is 5.69 Å². The number of benzene rings is 1. The monoisotopic (exact) mass is 298 g/mol. The largest absolute Gasteiger partial charge is 0.378 e. The van der Waals surface area contributed by atoms with Crippen LogP contribution in [0.15, 0.2) is 36.5 Å². The normalized spacial score (nSPS) is 10.1. The average Bonchev–Trinajstić information content (AvgIpc) is 2.49. The van der Waals surface area contributed by atoms with E-state index in [0.717, 1.165) is 16.9 Å². The Morgan fingerprint density at radius 2 is 1.91 bits per heavy atom. The molecule has 0 bridgehead atoms. The van der Waals surface area contributed by atoms with Crippen molar-refractivity contribution in [2.75, 3.05) is 24.3 Å². The fourth-order valence-corrected chi connectivity index (χ4v) is 1.93. The summed E-state index contributed by atoms with van der Waals surface area (Å²) in [7, 11) is 3.91. The van der Waals surface area contributed by atoms with Crippen LogP contribution >= 0.6 is 0 Å². The van der Waals surface area contributed by atoms with Crippen molar-refractivity contribution in [3.05, 3.63) is 53.3 Å². The molecule has 0 aliphatic heterocycles. The number of nitrogens with one attached hydrogen (secondary N) is 1. The number of anilines is 2. The number of hydrogen-bond donors (Lipinski definition) is 2. The molecule has 3 N–H and O–H groups in total. The van der Waals surface area contributed by atoms with Crippen molar-refractivity contribution in [1.29, 1.82) is 0 Å². The third-order valence-electron chi connectivity index (χ3n) is 3.26. The number of aromatic nitrogens is 1. The molecule has 22 heavy (non-hydrogen) atoms. The number of pyridine rings is 1. The SMILES string of the molecule is Cc1cc(N(C)C)ccc1NC(=O)c1ccc(C(N)=O)cn1. The van der Waals surface area contributed by atoms with Crippen molar-refractivity contribution in [2.45, 2.75) is 6.92 Å². The smallest absolute Gasteiger partial charge is 0.274 e. The van der Waals surface area contributed by atoms with Crippen molar-refractivity contribution < 1.29 is 9.59 Å². The molecule has 0 unspecified atom stereocenters. The molecule has 0 atom stereocenters. The zero-order valence-corrected chi connectivity index (χ0v) is 12.8. The van der Waals surface area contributed by atoms with Gasteiger partial charge in [-0.25, -0.2) is 0 Å². The van der Waals surface area contributed by atoms with Crippen LogP contribution in [0.2, 0.25) is 0 Å². The van der Waals surface area contributed by atoms with E-state index in [1.807, 2.05) is 44.1 Å². The van der Waals surface area contributed by atoms with Gasteiger partial charge in [0.2, 0.25) is 5.91 Å². The maximum absolute atomic E-state index is 12.2. The van der Waals surface area contributed by atoms with Gasteiger partial charge in [-0.1, -0.05) is 0 Å². The molecule has 1 aromatic heterocycles. The summed E-state index contributed by atoms with van der Waals surface area (Å²) in [4.78, 5) is 29.1. The summed E-state index contributed by atoms with van der Waals surface area (Å²) >= 11 is 0. The summed E-state index contributed by atoms with van der Waals surface area (Å²) in [5.41, 5.74) is 8.35. The van der Waals surface area contributed by atoms with Crippen LogP contribution in [0.3, 0.4) is 0 Å². The lowest BCUT2D eigenvalue weighted by molar-refractivity contribution is 0.0993. The molecule has 6 nitrogen and oxygen atoms in total. The van der Waals surface area contributed by atoms with E-state index in [1.54, 1.807) is 0 Å². The van der Waals surface area contributed by atoms with Crippen molar-refractivity contribution in [3.63, 3.8) is 0 Å². The third-order valence-corrected chi connectivity index (χ3v) is 3.26. The molecule has 1 heterocycles. The highest BCUT2D eigenvalue weighted by Crippen LogP contribution is 2.21. The van der Waals surface area contributed by atoms with E-state index in [-0.39, 0.29) is 17.2 Å². The van der Waals surface area contributed by atoms with Crippen LogP contribution in [0, 0.1) is 6.92 Å². The molecular weight excluding hydrogens is 280 g/mol. The first-order valence-electron chi connectivity index (χ1n) is 6.73. The molecular formula is C16H18N4O2. The quantitative estimate of drug-likeness (QED) is 0.901. The summed E-state index contributed by atoms with van der Waals surface area (Å²) in [6.45, 7) is 1.92. The molecule has 0 aliphatic carbocycles. The number of nitrogens with two attached hydrogens (primary N) is 1. The first kappa shape index (κ1) is 15.5. The number of aryl methyl sites for hydroxylation is 1. The van der Waals surface area contributed by atoms with Crippen LogP contribution in [0.4, 0.5) is 11.4 Å². The molecule has 114 valence electrons. The molecule has 2 aromatic rings. The Morgan fingerprint density at radius 1 is 1.18 bits per heavy atom. The lowest BCUT2D eigenvalue weighted by atomic mass is 10.1. The highest BCUT2D eigenvalue weighted by atomic mass is 16.2. The van der Waals surface area contributed by atoms with E-state index in [2.05, 4.69) is 10.3 Å². The highest BCUT2D eigenvalue weighted by Gasteiger charge is 2.11. The first-order valence-corrected chi connectivity index (χ1v) is 6.73. The van der Waals surface area contributed by atoms with Gasteiger partial charge in [0.25, 0.3) is 5.91 Å². The number of amides is 2. The van der Waals surface area contributed by atoms with Crippen molar-refractivity contribution in [2.24, 2.45) is 5.73 Å². The molecule has 0 radical (unpaired) electrons. The van der Waals surface area contributed by atoms with E-state index >= 15 is 0 Å². The number of carbonyl (C=O) groups excluding carboxylic acids is 2. The molecule has 0 saturated carbocycles. The maximum Gasteiger partial charge on any atom is 0.274 e. The van der Waals surface area contributed by atoms with E-state index in [1.165, 1.54) is 18.3 Å². The van der Waals surface area contributed by atoms with Gasteiger partial charge in [0, 0.05) is 31.7 Å². The Morgan fingerprint density at radius 3 is 2.41 bits per heavy atom. The minimum atomic E-state index is -0.574. The molecule has 0 spiro atoms. The summed E-state index contributed by atoms with van der Waals surface area (Å²) in [6, 6.07) is 8.71. The molecule has 0 fully saturated rings. The minimum absolute atomic E-state index is 0.223. The van der Waals surface area contributed by atoms with Gasteiger partial charge in [0.05, 0.1) is 5.56 Å². The number of carbonyl (C=O) groups is 2. The van der Waals surface area contributed by atoms with Crippen LogP contribution in [-0.2, 0) is 0 Å². The number of primary amides is 1. The molecule has 0 aliphatic rings. The second-order valence-corrected chi connectivity index (χ2v) is 5.14. The van der Waals surface area contributed by atoms with Crippen LogP contribution < -0.4 is 16.0 Å². The Kier molecular flexibility index (Phi) is 4.41. The number of nitrogens with zero attached hydrogens (tertiary/aromatic N) is 2. The van der Waals surface area contributed by atoms with Crippen molar-refractivity contribution in [3.8, 4) is 0 Å². The number of hydrogen-bond acceptors (Lipinski definition) is 4. The van der Waals surface area contributed by atoms with E-state index < -0.39 is 5.91 Å². The molecule has 1 aromatic carbocycles. The van der Waals surface area contributed by atoms with E-state index in [4.69, 9.17) is 5.73 Å². The summed E-state index contributed by atoms with van der Waals surface area (Å²) in [5, 5.41) is 2.81. The molecule has 2 rings (SSSR count). The standard InChI is InChI=1S/C16H18N4O2/c1-10-8-12(20(2)3)5-7-13(10)19-16(22)14-6-4-11(9-18-14)15(17)21/h4-9H,1-3H3,(H2,17,21)(H,19,22). The van der Waals surface area contributed by atoms with Gasteiger partial charge >= 0.3 is 0 Å². The second-order valence-electron chi connectivity index (χ2n) is 5.14. The van der Waals surface area contributed by atoms with Crippen molar-refractivity contribution in [1.82, 2.24) is 4.98 Å². The topological polar surface area (TPSA) is 88.3 Å². The van der Waals surface area contributed by atoms with E-state index in [0.29, 0.717) is 0 Å². The molecule has 6 heteroatoms. The fourth-order valence-electron chi connectivity index (χ4n) is 1.93. The van der Waals surface area contributed by atoms with Gasteiger partial charge in [-0.05, 0) is 42.8 Å². The lowest BCUT2D eigenvalue weighted by Gasteiger charge is -2.15. The fraction of sp³-hybridized carbons (Fsp3) is 0.188. The van der Waals surface area contributed by atoms with Crippen LogP contribution in [0.1, 0.15) is 26.4 Å². The molecule has 2 amide bonds. The van der Waals surface area contributed by atoms with Crippen LogP contribution in [0.25, 0.3) is 0 Å². The summed E-state index contributed by atoms with van der Waals surface area (Å²) in [5.74, 6) is -0.911. The van der Waals surface area contributed by atoms with Gasteiger partial charge in [-0.2, -0.15) is 0 Å². The first-order chi connectivity index (χ1) is 10.4. The van der Waals surface area contributed by atoms with Gasteiger partial charge < -0.3 is 16.0 Å². The highest BCUT2D eigenvalue weighted by molar-refractivity contribution is 6.03. The van der Waals surface area contributed by atoms with Crippen LogP contribution in [-0.4, -0.2) is 30.9 Å². The summed E-state index contributed by atoms with van der Waals surface area (Å²) < 4.78 is 0. The Labute approximate surface area is 129 Å².